The maximum Gasteiger partial charge on any atom is 0.324 e. The number of anilines is 2. The van der Waals surface area contributed by atoms with Crippen molar-refractivity contribution in [3.05, 3.63) is 66.2 Å². The van der Waals surface area contributed by atoms with E-state index in [1.54, 1.807) is 4.68 Å². The average Bonchev–Trinajstić information content (AvgIpc) is 3.42. The van der Waals surface area contributed by atoms with Crippen LogP contribution in [0.1, 0.15) is 31.1 Å². The molecule has 2 heterocycles. The molecule has 0 spiro atoms. The molecule has 1 aromatic heterocycles. The maximum absolute atomic E-state index is 12.7. The molecule has 3 unspecified atom stereocenters. The van der Waals surface area contributed by atoms with Gasteiger partial charge in [-0.05, 0) is 37.5 Å². The highest BCUT2D eigenvalue weighted by atomic mass is 16.2. The Hall–Kier alpha value is -3.65. The van der Waals surface area contributed by atoms with Crippen LogP contribution in [0.25, 0.3) is 11.3 Å². The lowest BCUT2D eigenvalue weighted by atomic mass is 10.0. The molecule has 8 heteroatoms. The highest BCUT2D eigenvalue weighted by Crippen LogP contribution is 2.32. The summed E-state index contributed by atoms with van der Waals surface area (Å²) in [6.07, 6.45) is 2.35. The Labute approximate surface area is 186 Å². The van der Waals surface area contributed by atoms with Gasteiger partial charge in [0, 0.05) is 23.4 Å². The summed E-state index contributed by atoms with van der Waals surface area (Å²) in [4.78, 5) is 25.4. The van der Waals surface area contributed by atoms with Gasteiger partial charge in [-0.15, -0.1) is 0 Å². The topological polar surface area (TPSA) is 100 Å². The van der Waals surface area contributed by atoms with Crippen molar-refractivity contribution < 1.29 is 9.59 Å². The smallest absolute Gasteiger partial charge is 0.322 e. The average molecular weight is 431 g/mol. The van der Waals surface area contributed by atoms with Crippen LogP contribution in [-0.2, 0) is 4.79 Å². The first-order chi connectivity index (χ1) is 15.6. The minimum absolute atomic E-state index is 0.00330. The van der Waals surface area contributed by atoms with Gasteiger partial charge in [-0.1, -0.05) is 48.9 Å². The Kier molecular flexibility index (Phi) is 5.36. The largest absolute Gasteiger partial charge is 0.324 e. The van der Waals surface area contributed by atoms with Gasteiger partial charge in [0.15, 0.2) is 6.29 Å². The lowest BCUT2D eigenvalue weighted by molar-refractivity contribution is -0.130. The fraction of sp³-hybridized carbons (Fsp3) is 0.292. The van der Waals surface area contributed by atoms with Crippen LogP contribution in [0.4, 0.5) is 16.3 Å². The Balaban J connectivity index is 1.43. The number of hydrogen-bond donors (Lipinski definition) is 4. The first kappa shape index (κ1) is 20.3. The zero-order valence-electron chi connectivity index (χ0n) is 17.8. The van der Waals surface area contributed by atoms with Crippen molar-refractivity contribution in [1.29, 1.82) is 0 Å². The van der Waals surface area contributed by atoms with E-state index in [1.807, 2.05) is 67.6 Å². The van der Waals surface area contributed by atoms with Crippen LogP contribution < -0.4 is 21.3 Å². The first-order valence-electron chi connectivity index (χ1n) is 10.9. The first-order valence-corrected chi connectivity index (χ1v) is 10.9. The molecule has 8 nitrogen and oxygen atoms in total. The number of nitrogens with zero attached hydrogens (tertiary/aromatic N) is 2. The molecular formula is C24H26N6O2. The number of carbonyl (C=O) groups excluding carboxylic acids is 2. The lowest BCUT2D eigenvalue weighted by Gasteiger charge is -2.34. The number of rotatable bonds is 4. The third-order valence-corrected chi connectivity index (χ3v) is 6.07. The number of hydrogen-bond acceptors (Lipinski definition) is 4. The number of carbonyl (C=O) groups is 2. The highest BCUT2D eigenvalue weighted by molar-refractivity contribution is 5.99. The van der Waals surface area contributed by atoms with E-state index >= 15 is 0 Å². The third kappa shape index (κ3) is 4.09. The van der Waals surface area contributed by atoms with E-state index in [0.717, 1.165) is 30.4 Å². The number of benzene rings is 2. The molecule has 3 amide bonds. The molecule has 0 radical (unpaired) electrons. The summed E-state index contributed by atoms with van der Waals surface area (Å²) < 4.78 is 1.64. The molecule has 1 saturated carbocycles. The minimum Gasteiger partial charge on any atom is -0.322 e. The maximum atomic E-state index is 12.7. The second-order valence-corrected chi connectivity index (χ2v) is 8.40. The molecule has 2 aromatic carbocycles. The zero-order chi connectivity index (χ0) is 22.1. The van der Waals surface area contributed by atoms with Gasteiger partial charge in [0.25, 0.3) is 0 Å². The molecule has 5 rings (SSSR count). The molecule has 2 fully saturated rings. The lowest BCUT2D eigenvalue weighted by Crippen LogP contribution is -2.57. The predicted octanol–water partition coefficient (Wildman–Crippen LogP) is 3.85. The SMILES string of the molecule is Cc1cccc(NC(=O)Nc2cc(-c3ccccc3)nn2C2NC(=O)C3CCCC3N2)c1. The normalized spacial score (nSPS) is 22.2. The summed E-state index contributed by atoms with van der Waals surface area (Å²) in [5.74, 6) is 0.517. The van der Waals surface area contributed by atoms with Gasteiger partial charge >= 0.3 is 6.03 Å². The van der Waals surface area contributed by atoms with Crippen LogP contribution in [-0.4, -0.2) is 27.8 Å². The number of amides is 3. The van der Waals surface area contributed by atoms with Crippen molar-refractivity contribution in [2.75, 3.05) is 10.6 Å². The van der Waals surface area contributed by atoms with Gasteiger partial charge in [0.2, 0.25) is 5.91 Å². The Morgan fingerprint density at radius 1 is 1.06 bits per heavy atom. The Bertz CT molecular complexity index is 1140. The predicted molar refractivity (Wildman–Crippen MR) is 123 cm³/mol. The molecule has 4 N–H and O–H groups in total. The van der Waals surface area contributed by atoms with Crippen LogP contribution in [0.5, 0.6) is 0 Å². The van der Waals surface area contributed by atoms with Gasteiger partial charge in [0.05, 0.1) is 11.6 Å². The van der Waals surface area contributed by atoms with E-state index in [1.165, 1.54) is 0 Å². The zero-order valence-corrected chi connectivity index (χ0v) is 17.8. The third-order valence-electron chi connectivity index (χ3n) is 6.07. The molecular weight excluding hydrogens is 404 g/mol. The summed E-state index contributed by atoms with van der Waals surface area (Å²) in [5.41, 5.74) is 3.39. The van der Waals surface area contributed by atoms with Crippen LogP contribution in [0.15, 0.2) is 60.7 Å². The van der Waals surface area contributed by atoms with Crippen LogP contribution in [0.3, 0.4) is 0 Å². The van der Waals surface area contributed by atoms with E-state index in [-0.39, 0.29) is 23.9 Å². The summed E-state index contributed by atoms with van der Waals surface area (Å²) in [7, 11) is 0. The van der Waals surface area contributed by atoms with Crippen molar-refractivity contribution in [3.63, 3.8) is 0 Å². The molecule has 3 aromatic rings. The van der Waals surface area contributed by atoms with Crippen molar-refractivity contribution in [3.8, 4) is 11.3 Å². The second-order valence-electron chi connectivity index (χ2n) is 8.40. The van der Waals surface area contributed by atoms with E-state index in [2.05, 4.69) is 21.3 Å². The van der Waals surface area contributed by atoms with Crippen LogP contribution in [0.2, 0.25) is 0 Å². The van der Waals surface area contributed by atoms with Crippen LogP contribution in [0, 0.1) is 12.8 Å². The van der Waals surface area contributed by atoms with Crippen molar-refractivity contribution in [2.45, 2.75) is 38.5 Å². The highest BCUT2D eigenvalue weighted by Gasteiger charge is 2.40. The minimum atomic E-state index is -0.534. The summed E-state index contributed by atoms with van der Waals surface area (Å²) in [6.45, 7) is 1.97. The van der Waals surface area contributed by atoms with Gasteiger partial charge < -0.3 is 10.6 Å². The quantitative estimate of drug-likeness (QED) is 0.505. The van der Waals surface area contributed by atoms with E-state index < -0.39 is 6.29 Å². The summed E-state index contributed by atoms with van der Waals surface area (Å²) in [5, 5.41) is 17.0. The number of aromatic nitrogens is 2. The Morgan fingerprint density at radius 3 is 2.72 bits per heavy atom. The van der Waals surface area contributed by atoms with Gasteiger partial charge in [0.1, 0.15) is 5.82 Å². The van der Waals surface area contributed by atoms with Gasteiger partial charge in [-0.3, -0.25) is 15.4 Å². The van der Waals surface area contributed by atoms with Crippen LogP contribution >= 0.6 is 0 Å². The molecule has 32 heavy (non-hydrogen) atoms. The van der Waals surface area contributed by atoms with Crippen molar-refractivity contribution in [2.24, 2.45) is 5.92 Å². The van der Waals surface area contributed by atoms with Gasteiger partial charge in [-0.2, -0.15) is 5.10 Å². The number of nitrogens with one attached hydrogen (secondary N) is 4. The molecule has 2 aliphatic rings. The molecule has 0 bridgehead atoms. The van der Waals surface area contributed by atoms with E-state index in [4.69, 9.17) is 5.10 Å². The second kappa shape index (κ2) is 8.47. The fourth-order valence-electron chi connectivity index (χ4n) is 4.53. The van der Waals surface area contributed by atoms with E-state index in [0.29, 0.717) is 17.2 Å². The van der Waals surface area contributed by atoms with Gasteiger partial charge in [-0.25, -0.2) is 9.48 Å². The molecule has 1 aliphatic heterocycles. The molecule has 1 saturated heterocycles. The summed E-state index contributed by atoms with van der Waals surface area (Å²) >= 11 is 0. The number of urea groups is 1. The molecule has 164 valence electrons. The Morgan fingerprint density at radius 2 is 1.91 bits per heavy atom. The summed E-state index contributed by atoms with van der Waals surface area (Å²) in [6, 6.07) is 18.9. The molecule has 3 atom stereocenters. The monoisotopic (exact) mass is 430 g/mol. The van der Waals surface area contributed by atoms with E-state index in [9.17, 15) is 9.59 Å². The standard InChI is InChI=1S/C24H26N6O2/c1-15-7-5-10-17(13-15)25-24(32)27-21-14-20(16-8-3-2-4-9-16)29-30(21)23-26-19-12-6-11-18(19)22(31)28-23/h2-5,7-10,13-14,18-19,23,26H,6,11-12H2,1H3,(H,28,31)(H2,25,27,32). The fourth-order valence-corrected chi connectivity index (χ4v) is 4.53. The van der Waals surface area contributed by atoms with Crippen molar-refractivity contribution >= 4 is 23.4 Å². The van der Waals surface area contributed by atoms with Crippen molar-refractivity contribution in [1.82, 2.24) is 20.4 Å². The number of fused-ring (bicyclic) bond motifs is 1. The molecule has 1 aliphatic carbocycles. The number of aryl methyl sites for hydroxylation is 1.